The molecule has 136 valence electrons. The molecule has 9 heteroatoms. The van der Waals surface area contributed by atoms with E-state index in [9.17, 15) is 18.0 Å². The zero-order chi connectivity index (χ0) is 18.9. The second-order valence-electron chi connectivity index (χ2n) is 5.61. The lowest BCUT2D eigenvalue weighted by Crippen LogP contribution is -2.13. The van der Waals surface area contributed by atoms with Crippen molar-refractivity contribution >= 4 is 48.9 Å². The maximum Gasteiger partial charge on any atom is 0.308 e. The van der Waals surface area contributed by atoms with Gasteiger partial charge in [-0.15, -0.1) is 0 Å². The van der Waals surface area contributed by atoms with Crippen LogP contribution >= 0.6 is 11.3 Å². The number of nitrogens with zero attached hydrogens (tertiary/aromatic N) is 1. The van der Waals surface area contributed by atoms with Crippen LogP contribution in [0.25, 0.3) is 10.2 Å². The van der Waals surface area contributed by atoms with E-state index in [1.165, 1.54) is 25.1 Å². The first kappa shape index (κ1) is 18.2. The van der Waals surface area contributed by atoms with Crippen LogP contribution < -0.4 is 14.9 Å². The summed E-state index contributed by atoms with van der Waals surface area (Å²) in [6, 6.07) is 11.0. The van der Waals surface area contributed by atoms with Gasteiger partial charge < -0.3 is 5.32 Å². The molecule has 3 rings (SSSR count). The Morgan fingerprint density at radius 2 is 1.88 bits per heavy atom. The van der Waals surface area contributed by atoms with Crippen LogP contribution in [-0.4, -0.2) is 18.9 Å². The number of carbonyl (C=O) groups is 1. The van der Waals surface area contributed by atoms with Crippen LogP contribution in [0.5, 0.6) is 0 Å². The summed E-state index contributed by atoms with van der Waals surface area (Å²) in [5.41, 5.74) is 1.54. The van der Waals surface area contributed by atoms with Gasteiger partial charge in [0, 0.05) is 19.2 Å². The molecule has 0 bridgehead atoms. The standard InChI is InChI=1S/C17H17N3O4S2/c1-3-20-15-8-7-14(10-16(15)25-17(20)22)26(23,24)19-13-6-4-5-12(9-13)18-11(2)21/h4-10,19H,3H2,1-2H3,(H,18,21). The molecule has 3 aromatic rings. The van der Waals surface area contributed by atoms with Crippen LogP contribution in [0, 0.1) is 0 Å². The third kappa shape index (κ3) is 3.63. The van der Waals surface area contributed by atoms with Gasteiger partial charge in [0.25, 0.3) is 10.0 Å². The van der Waals surface area contributed by atoms with E-state index in [-0.39, 0.29) is 15.7 Å². The van der Waals surface area contributed by atoms with E-state index in [1.807, 2.05) is 6.92 Å². The molecule has 0 radical (unpaired) electrons. The van der Waals surface area contributed by atoms with Crippen LogP contribution in [0.15, 0.2) is 52.2 Å². The van der Waals surface area contributed by atoms with Gasteiger partial charge in [0.1, 0.15) is 0 Å². The van der Waals surface area contributed by atoms with E-state index >= 15 is 0 Å². The lowest BCUT2D eigenvalue weighted by Gasteiger charge is -2.10. The molecule has 26 heavy (non-hydrogen) atoms. The first-order chi connectivity index (χ1) is 12.3. The predicted molar refractivity (Wildman–Crippen MR) is 103 cm³/mol. The summed E-state index contributed by atoms with van der Waals surface area (Å²) in [5.74, 6) is -0.245. The molecular weight excluding hydrogens is 374 g/mol. The van der Waals surface area contributed by atoms with Crippen LogP contribution in [0.4, 0.5) is 11.4 Å². The Labute approximate surface area is 154 Å². The Hall–Kier alpha value is -2.65. The number of rotatable bonds is 5. The molecule has 0 spiro atoms. The molecule has 0 unspecified atom stereocenters. The van der Waals surface area contributed by atoms with E-state index in [0.29, 0.717) is 28.1 Å². The third-order valence-electron chi connectivity index (χ3n) is 3.70. The minimum Gasteiger partial charge on any atom is -0.326 e. The van der Waals surface area contributed by atoms with Crippen molar-refractivity contribution in [2.45, 2.75) is 25.3 Å². The fourth-order valence-corrected chi connectivity index (χ4v) is 4.74. The number of nitrogens with one attached hydrogen (secondary N) is 2. The first-order valence-electron chi connectivity index (χ1n) is 7.84. The Kier molecular flexibility index (Phi) is 4.84. The van der Waals surface area contributed by atoms with Gasteiger partial charge >= 0.3 is 4.87 Å². The number of hydrogen-bond acceptors (Lipinski definition) is 5. The van der Waals surface area contributed by atoms with E-state index in [1.54, 1.807) is 28.8 Å². The van der Waals surface area contributed by atoms with Crippen molar-refractivity contribution in [3.8, 4) is 0 Å². The largest absolute Gasteiger partial charge is 0.326 e. The molecule has 0 saturated heterocycles. The Morgan fingerprint density at radius 1 is 1.15 bits per heavy atom. The van der Waals surface area contributed by atoms with E-state index in [0.717, 1.165) is 11.3 Å². The molecule has 0 saturated carbocycles. The molecule has 0 atom stereocenters. The van der Waals surface area contributed by atoms with Gasteiger partial charge in [-0.05, 0) is 43.3 Å². The average molecular weight is 391 g/mol. The number of benzene rings is 2. The average Bonchev–Trinajstić information content (AvgIpc) is 2.88. The minimum atomic E-state index is -3.83. The van der Waals surface area contributed by atoms with Gasteiger partial charge in [0.15, 0.2) is 0 Å². The molecule has 1 heterocycles. The number of amides is 1. The van der Waals surface area contributed by atoms with Gasteiger partial charge in [0.2, 0.25) is 5.91 Å². The van der Waals surface area contributed by atoms with Crippen LogP contribution in [0.1, 0.15) is 13.8 Å². The number of sulfonamides is 1. The SMILES string of the molecule is CCn1c(=O)sc2cc(S(=O)(=O)Nc3cccc(NC(C)=O)c3)ccc21. The molecule has 1 aromatic heterocycles. The van der Waals surface area contributed by atoms with Gasteiger partial charge in [-0.1, -0.05) is 17.4 Å². The van der Waals surface area contributed by atoms with Gasteiger partial charge in [-0.2, -0.15) is 0 Å². The maximum atomic E-state index is 12.7. The summed E-state index contributed by atoms with van der Waals surface area (Å²) in [6.07, 6.45) is 0. The van der Waals surface area contributed by atoms with Gasteiger partial charge in [0.05, 0.1) is 20.8 Å². The fourth-order valence-electron chi connectivity index (χ4n) is 2.59. The number of carbonyl (C=O) groups excluding carboxylic acids is 1. The molecular formula is C17H17N3O4S2. The highest BCUT2D eigenvalue weighted by Crippen LogP contribution is 2.24. The maximum absolute atomic E-state index is 12.7. The van der Waals surface area contributed by atoms with Crippen LogP contribution in [0.3, 0.4) is 0 Å². The number of thiazole rings is 1. The third-order valence-corrected chi connectivity index (χ3v) is 6.02. The number of fused-ring (bicyclic) bond motifs is 1. The number of hydrogen-bond donors (Lipinski definition) is 2. The zero-order valence-corrected chi connectivity index (χ0v) is 15.8. The lowest BCUT2D eigenvalue weighted by molar-refractivity contribution is -0.114. The van der Waals surface area contributed by atoms with Crippen molar-refractivity contribution in [3.63, 3.8) is 0 Å². The highest BCUT2D eigenvalue weighted by Gasteiger charge is 2.17. The van der Waals surface area contributed by atoms with Crippen molar-refractivity contribution in [3.05, 3.63) is 52.1 Å². The van der Waals surface area contributed by atoms with Crippen molar-refractivity contribution in [2.24, 2.45) is 0 Å². The molecule has 0 aliphatic carbocycles. The molecule has 2 aromatic carbocycles. The van der Waals surface area contributed by atoms with Crippen molar-refractivity contribution in [2.75, 3.05) is 10.0 Å². The first-order valence-corrected chi connectivity index (χ1v) is 10.1. The van der Waals surface area contributed by atoms with Gasteiger partial charge in [-0.3, -0.25) is 18.9 Å². The van der Waals surface area contributed by atoms with E-state index < -0.39 is 10.0 Å². The summed E-state index contributed by atoms with van der Waals surface area (Å²) in [5, 5.41) is 2.60. The lowest BCUT2D eigenvalue weighted by atomic mass is 10.3. The predicted octanol–water partition coefficient (Wildman–Crippen LogP) is 2.84. The van der Waals surface area contributed by atoms with Crippen LogP contribution in [-0.2, 0) is 21.4 Å². The topological polar surface area (TPSA) is 97.3 Å². The monoisotopic (exact) mass is 391 g/mol. The number of anilines is 2. The Morgan fingerprint density at radius 3 is 2.58 bits per heavy atom. The smallest absolute Gasteiger partial charge is 0.308 e. The van der Waals surface area contributed by atoms with E-state index in [4.69, 9.17) is 0 Å². The molecule has 7 nitrogen and oxygen atoms in total. The summed E-state index contributed by atoms with van der Waals surface area (Å²) < 4.78 is 30.0. The summed E-state index contributed by atoms with van der Waals surface area (Å²) in [4.78, 5) is 23.0. The Bertz CT molecular complexity index is 1150. The van der Waals surface area contributed by atoms with Crippen molar-refractivity contribution in [1.82, 2.24) is 4.57 Å². The molecule has 0 fully saturated rings. The summed E-state index contributed by atoms with van der Waals surface area (Å²) in [6.45, 7) is 3.76. The molecule has 1 amide bonds. The van der Waals surface area contributed by atoms with Crippen LogP contribution in [0.2, 0.25) is 0 Å². The van der Waals surface area contributed by atoms with Crippen molar-refractivity contribution < 1.29 is 13.2 Å². The molecule has 2 N–H and O–H groups in total. The number of aromatic nitrogens is 1. The normalized spacial score (nSPS) is 11.5. The Balaban J connectivity index is 1.94. The zero-order valence-electron chi connectivity index (χ0n) is 14.1. The minimum absolute atomic E-state index is 0.0689. The van der Waals surface area contributed by atoms with E-state index in [2.05, 4.69) is 10.0 Å². The van der Waals surface area contributed by atoms with Gasteiger partial charge in [-0.25, -0.2) is 8.42 Å². The summed E-state index contributed by atoms with van der Waals surface area (Å²) >= 11 is 1.02. The second kappa shape index (κ2) is 6.93. The fraction of sp³-hybridized carbons (Fsp3) is 0.176. The highest BCUT2D eigenvalue weighted by molar-refractivity contribution is 7.92. The molecule has 0 aliphatic rings. The highest BCUT2D eigenvalue weighted by atomic mass is 32.2. The number of aryl methyl sites for hydroxylation is 1. The second-order valence-corrected chi connectivity index (χ2v) is 8.28. The summed E-state index contributed by atoms with van der Waals surface area (Å²) in [7, 11) is -3.83. The quantitative estimate of drug-likeness (QED) is 0.699. The van der Waals surface area contributed by atoms with Crippen molar-refractivity contribution in [1.29, 1.82) is 0 Å². The molecule has 0 aliphatic heterocycles.